The Hall–Kier alpha value is -0.570. The lowest BCUT2D eigenvalue weighted by molar-refractivity contribution is -0.141. The van der Waals surface area contributed by atoms with Crippen molar-refractivity contribution in [2.24, 2.45) is 11.3 Å². The predicted octanol–water partition coefficient (Wildman–Crippen LogP) is 2.02. The second kappa shape index (κ2) is 4.97. The number of amides is 1. The highest BCUT2D eigenvalue weighted by Gasteiger charge is 2.39. The molecule has 2 atom stereocenters. The van der Waals surface area contributed by atoms with Gasteiger partial charge in [-0.25, -0.2) is 0 Å². The lowest BCUT2D eigenvalue weighted by Crippen LogP contribution is -2.46. The topological polar surface area (TPSA) is 32.3 Å². The first kappa shape index (κ1) is 12.9. The molecule has 2 rings (SSSR count). The second-order valence-corrected chi connectivity index (χ2v) is 6.38. The van der Waals surface area contributed by atoms with Crippen LogP contribution >= 0.6 is 0 Å². The Morgan fingerprint density at radius 3 is 2.65 bits per heavy atom. The van der Waals surface area contributed by atoms with Crippen LogP contribution in [0.4, 0.5) is 0 Å². The third-order valence-corrected chi connectivity index (χ3v) is 4.73. The van der Waals surface area contributed by atoms with Crippen LogP contribution in [-0.4, -0.2) is 37.0 Å². The van der Waals surface area contributed by atoms with E-state index in [9.17, 15) is 4.79 Å². The van der Waals surface area contributed by atoms with Gasteiger partial charge in [0.05, 0.1) is 0 Å². The van der Waals surface area contributed by atoms with Crippen molar-refractivity contribution in [3.05, 3.63) is 0 Å². The molecule has 2 fully saturated rings. The zero-order chi connectivity index (χ0) is 12.5. The van der Waals surface area contributed by atoms with Gasteiger partial charge in [0.2, 0.25) is 5.91 Å². The Kier molecular flexibility index (Phi) is 3.76. The van der Waals surface area contributed by atoms with Crippen molar-refractivity contribution in [3.63, 3.8) is 0 Å². The summed E-state index contributed by atoms with van der Waals surface area (Å²) in [5, 5.41) is 3.34. The molecular formula is C14H26N2O. The van der Waals surface area contributed by atoms with E-state index in [1.54, 1.807) is 0 Å². The van der Waals surface area contributed by atoms with Crippen molar-refractivity contribution in [1.29, 1.82) is 0 Å². The molecule has 0 bridgehead atoms. The van der Waals surface area contributed by atoms with Crippen LogP contribution in [0.2, 0.25) is 0 Å². The number of nitrogens with zero attached hydrogens (tertiary/aromatic N) is 1. The zero-order valence-corrected chi connectivity index (χ0v) is 11.5. The predicted molar refractivity (Wildman–Crippen MR) is 69.8 cm³/mol. The van der Waals surface area contributed by atoms with Crippen LogP contribution in [0.1, 0.15) is 46.0 Å². The number of carbonyl (C=O) groups excluding carboxylic acids is 1. The van der Waals surface area contributed by atoms with E-state index in [-0.39, 0.29) is 11.3 Å². The lowest BCUT2D eigenvalue weighted by atomic mass is 9.68. The van der Waals surface area contributed by atoms with E-state index < -0.39 is 0 Å². The summed E-state index contributed by atoms with van der Waals surface area (Å²) in [6.07, 6.45) is 5.88. The van der Waals surface area contributed by atoms with Crippen LogP contribution < -0.4 is 5.32 Å². The molecule has 1 aliphatic carbocycles. The minimum atomic E-state index is 0.190. The molecule has 2 unspecified atom stereocenters. The van der Waals surface area contributed by atoms with Crippen LogP contribution in [0.25, 0.3) is 0 Å². The summed E-state index contributed by atoms with van der Waals surface area (Å²) in [5.41, 5.74) is 0.190. The third kappa shape index (κ3) is 2.65. The normalized spacial score (nSPS) is 32.4. The molecule has 3 nitrogen and oxygen atoms in total. The average Bonchev–Trinajstić information content (AvgIpc) is 2.80. The minimum Gasteiger partial charge on any atom is -0.341 e. The van der Waals surface area contributed by atoms with Gasteiger partial charge in [0, 0.05) is 25.6 Å². The molecule has 0 aromatic rings. The average molecular weight is 238 g/mol. The molecule has 1 saturated heterocycles. The largest absolute Gasteiger partial charge is 0.341 e. The van der Waals surface area contributed by atoms with Gasteiger partial charge in [-0.3, -0.25) is 4.79 Å². The van der Waals surface area contributed by atoms with Gasteiger partial charge in [-0.1, -0.05) is 26.7 Å². The van der Waals surface area contributed by atoms with Crippen LogP contribution in [0.3, 0.4) is 0 Å². The molecule has 98 valence electrons. The van der Waals surface area contributed by atoms with Crippen molar-refractivity contribution >= 4 is 5.91 Å². The van der Waals surface area contributed by atoms with E-state index in [2.05, 4.69) is 19.2 Å². The number of likely N-dealkylation sites (N-methyl/N-ethyl adjacent to an activating group) is 1. The van der Waals surface area contributed by atoms with Crippen LogP contribution in [-0.2, 0) is 4.79 Å². The standard InChI is InChI=1S/C14H26N2O/c1-14(2)8-5-4-6-12(14)13(17)16(3)11-7-9-15-10-11/h11-12,15H,4-10H2,1-3H3. The van der Waals surface area contributed by atoms with Crippen molar-refractivity contribution in [2.45, 2.75) is 52.0 Å². The van der Waals surface area contributed by atoms with E-state index in [0.717, 1.165) is 25.9 Å². The van der Waals surface area contributed by atoms with E-state index in [1.165, 1.54) is 19.3 Å². The fraction of sp³-hybridized carbons (Fsp3) is 0.929. The minimum absolute atomic E-state index is 0.190. The van der Waals surface area contributed by atoms with Gasteiger partial charge in [-0.15, -0.1) is 0 Å². The Morgan fingerprint density at radius 2 is 2.06 bits per heavy atom. The first-order valence-corrected chi connectivity index (χ1v) is 7.00. The SMILES string of the molecule is CN(C(=O)C1CCCCC1(C)C)C1CCNC1. The Labute approximate surface area is 105 Å². The van der Waals surface area contributed by atoms with E-state index in [0.29, 0.717) is 11.9 Å². The summed E-state index contributed by atoms with van der Waals surface area (Å²) in [4.78, 5) is 14.6. The molecule has 1 aliphatic heterocycles. The molecule has 0 spiro atoms. The molecule has 1 N–H and O–H groups in total. The van der Waals surface area contributed by atoms with E-state index in [4.69, 9.17) is 0 Å². The highest BCUT2D eigenvalue weighted by molar-refractivity contribution is 5.79. The Morgan fingerprint density at radius 1 is 1.29 bits per heavy atom. The molecule has 1 amide bonds. The molecule has 1 saturated carbocycles. The summed E-state index contributed by atoms with van der Waals surface area (Å²) in [7, 11) is 1.99. The van der Waals surface area contributed by atoms with Crippen molar-refractivity contribution in [2.75, 3.05) is 20.1 Å². The van der Waals surface area contributed by atoms with E-state index in [1.807, 2.05) is 11.9 Å². The number of rotatable bonds is 2. The molecular weight excluding hydrogens is 212 g/mol. The molecule has 17 heavy (non-hydrogen) atoms. The lowest BCUT2D eigenvalue weighted by Gasteiger charge is -2.40. The zero-order valence-electron chi connectivity index (χ0n) is 11.5. The van der Waals surface area contributed by atoms with Gasteiger partial charge < -0.3 is 10.2 Å². The highest BCUT2D eigenvalue weighted by Crippen LogP contribution is 2.41. The summed E-state index contributed by atoms with van der Waals surface area (Å²) in [6.45, 7) is 6.54. The number of nitrogens with one attached hydrogen (secondary N) is 1. The van der Waals surface area contributed by atoms with E-state index >= 15 is 0 Å². The second-order valence-electron chi connectivity index (χ2n) is 6.38. The van der Waals surface area contributed by atoms with Crippen molar-refractivity contribution < 1.29 is 4.79 Å². The third-order valence-electron chi connectivity index (χ3n) is 4.73. The van der Waals surface area contributed by atoms with Crippen LogP contribution in [0.15, 0.2) is 0 Å². The fourth-order valence-electron chi connectivity index (χ4n) is 3.35. The summed E-state index contributed by atoms with van der Waals surface area (Å²) < 4.78 is 0. The van der Waals surface area contributed by atoms with Gasteiger partial charge in [0.1, 0.15) is 0 Å². The monoisotopic (exact) mass is 238 g/mol. The fourth-order valence-corrected chi connectivity index (χ4v) is 3.35. The smallest absolute Gasteiger partial charge is 0.226 e. The van der Waals surface area contributed by atoms with Crippen molar-refractivity contribution in [3.8, 4) is 0 Å². The maximum atomic E-state index is 12.6. The molecule has 0 aromatic heterocycles. The maximum Gasteiger partial charge on any atom is 0.226 e. The molecule has 0 aromatic carbocycles. The van der Waals surface area contributed by atoms with Crippen molar-refractivity contribution in [1.82, 2.24) is 10.2 Å². The molecule has 1 heterocycles. The summed E-state index contributed by atoms with van der Waals surface area (Å²) in [5.74, 6) is 0.616. The summed E-state index contributed by atoms with van der Waals surface area (Å²) >= 11 is 0. The highest BCUT2D eigenvalue weighted by atomic mass is 16.2. The first-order chi connectivity index (χ1) is 8.02. The molecule has 0 radical (unpaired) electrons. The Balaban J connectivity index is 2.02. The van der Waals surface area contributed by atoms with Gasteiger partial charge >= 0.3 is 0 Å². The Bertz CT molecular complexity index is 282. The van der Waals surface area contributed by atoms with Crippen LogP contribution in [0, 0.1) is 11.3 Å². The number of hydrogen-bond acceptors (Lipinski definition) is 2. The molecule has 3 heteroatoms. The van der Waals surface area contributed by atoms with Gasteiger partial charge in [-0.2, -0.15) is 0 Å². The number of carbonyl (C=O) groups is 1. The maximum absolute atomic E-state index is 12.6. The van der Waals surface area contributed by atoms with Gasteiger partial charge in [0.25, 0.3) is 0 Å². The van der Waals surface area contributed by atoms with Gasteiger partial charge in [0.15, 0.2) is 0 Å². The summed E-state index contributed by atoms with van der Waals surface area (Å²) in [6, 6.07) is 0.417. The first-order valence-electron chi connectivity index (χ1n) is 7.00. The number of hydrogen-bond donors (Lipinski definition) is 1. The van der Waals surface area contributed by atoms with Gasteiger partial charge in [-0.05, 0) is 31.2 Å². The quantitative estimate of drug-likeness (QED) is 0.798. The molecule has 2 aliphatic rings. The van der Waals surface area contributed by atoms with Crippen LogP contribution in [0.5, 0.6) is 0 Å².